The third-order valence-corrected chi connectivity index (χ3v) is 2.64. The van der Waals surface area contributed by atoms with Crippen LogP contribution < -0.4 is 0 Å². The zero-order valence-corrected chi connectivity index (χ0v) is 13.0. The number of halogens is 1. The molecule has 0 spiro atoms. The Balaban J connectivity index is 0.000000873. The van der Waals surface area contributed by atoms with Crippen LogP contribution in [0.1, 0.15) is 52.7 Å². The maximum atomic E-state index is 13.7. The molecule has 0 aliphatic heterocycles. The Morgan fingerprint density at radius 3 is 1.83 bits per heavy atom. The topological polar surface area (TPSA) is 37.3 Å². The monoisotopic (exact) mass is 273 g/mol. The largest absolute Gasteiger partial charge is 0.491 e. The Hall–Kier alpha value is -0.790. The lowest BCUT2D eigenvalue weighted by molar-refractivity contribution is 0.514. The van der Waals surface area contributed by atoms with Gasteiger partial charge in [0.15, 0.2) is 0 Å². The maximum Gasteiger partial charge on any atom is 0.491 e. The highest BCUT2D eigenvalue weighted by molar-refractivity contribution is 7.16. The molecule has 18 heavy (non-hydrogen) atoms. The van der Waals surface area contributed by atoms with Gasteiger partial charge in [0, 0.05) is 0 Å². The van der Waals surface area contributed by atoms with Crippen LogP contribution >= 0.6 is 8.69 Å². The highest BCUT2D eigenvalue weighted by Gasteiger charge is 2.22. The van der Waals surface area contributed by atoms with Crippen molar-refractivity contribution in [3.05, 3.63) is 35.1 Å². The Morgan fingerprint density at radius 2 is 1.50 bits per heavy atom. The summed E-state index contributed by atoms with van der Waals surface area (Å²) >= 11 is 0. The van der Waals surface area contributed by atoms with Gasteiger partial charge >= 0.3 is 8.69 Å². The molecule has 1 N–H and O–H groups in total. The van der Waals surface area contributed by atoms with Crippen molar-refractivity contribution in [3.63, 3.8) is 0 Å². The molecule has 0 heterocycles. The van der Waals surface area contributed by atoms with E-state index in [9.17, 15) is 4.39 Å². The normalized spacial score (nSPS) is 12.0. The lowest BCUT2D eigenvalue weighted by atomic mass is 9.80. The van der Waals surface area contributed by atoms with Gasteiger partial charge in [-0.05, 0) is 32.6 Å². The van der Waals surface area contributed by atoms with Gasteiger partial charge in [0.05, 0.1) is 0 Å². The maximum absolute atomic E-state index is 13.7. The van der Waals surface area contributed by atoms with E-state index in [1.54, 1.807) is 6.07 Å². The number of rotatable bonds is 0. The second-order valence-corrected chi connectivity index (χ2v) is 6.47. The zero-order chi connectivity index (χ0) is 14.6. The first-order valence-electron chi connectivity index (χ1n) is 5.85. The van der Waals surface area contributed by atoms with Crippen molar-refractivity contribution in [1.82, 2.24) is 0 Å². The van der Waals surface area contributed by atoms with Gasteiger partial charge in [0.1, 0.15) is 5.82 Å². The summed E-state index contributed by atoms with van der Waals surface area (Å²) in [6, 6.07) is 5.46. The molecule has 0 aliphatic carbocycles. The Morgan fingerprint density at radius 1 is 1.06 bits per heavy atom. The van der Waals surface area contributed by atoms with E-state index in [-0.39, 0.29) is 16.6 Å². The van der Waals surface area contributed by atoms with Crippen LogP contribution in [0.25, 0.3) is 0 Å². The van der Waals surface area contributed by atoms with Crippen molar-refractivity contribution in [3.8, 4) is 0 Å². The van der Waals surface area contributed by atoms with Crippen molar-refractivity contribution in [2.24, 2.45) is 0 Å². The van der Waals surface area contributed by atoms with Crippen molar-refractivity contribution in [2.75, 3.05) is 0 Å². The molecule has 0 aliphatic rings. The van der Waals surface area contributed by atoms with Gasteiger partial charge in [-0.1, -0.05) is 53.7 Å². The lowest BCUT2D eigenvalue weighted by Gasteiger charge is -2.25. The highest BCUT2D eigenvalue weighted by Crippen LogP contribution is 2.30. The first-order chi connectivity index (χ1) is 8.04. The quantitative estimate of drug-likeness (QED) is 0.714. The molecule has 102 valence electrons. The van der Waals surface area contributed by atoms with Gasteiger partial charge in [-0.2, -0.15) is 4.89 Å². The molecule has 1 aromatic carbocycles. The summed E-state index contributed by atoms with van der Waals surface area (Å²) in [5.41, 5.74) is 1.93. The van der Waals surface area contributed by atoms with Crippen molar-refractivity contribution < 1.29 is 13.8 Å². The van der Waals surface area contributed by atoms with E-state index in [0.29, 0.717) is 0 Å². The average Bonchev–Trinajstić information content (AvgIpc) is 2.15. The summed E-state index contributed by atoms with van der Waals surface area (Å²) in [5, 5.41) is 0. The minimum atomic E-state index is -1.17. The fraction of sp³-hybridized carbons (Fsp3) is 0.571. The van der Waals surface area contributed by atoms with Crippen LogP contribution in [-0.4, -0.2) is 4.89 Å². The second-order valence-electron chi connectivity index (χ2n) is 6.29. The minimum Gasteiger partial charge on any atom is -0.207 e. The molecule has 1 rings (SSSR count). The van der Waals surface area contributed by atoms with Crippen LogP contribution in [0.4, 0.5) is 4.39 Å². The molecule has 1 atom stereocenters. The molecule has 0 radical (unpaired) electrons. The molecule has 4 heteroatoms. The summed E-state index contributed by atoms with van der Waals surface area (Å²) < 4.78 is 22.2. The summed E-state index contributed by atoms with van der Waals surface area (Å²) in [7, 11) is -1.17. The summed E-state index contributed by atoms with van der Waals surface area (Å²) in [6.07, 6.45) is 0. The molecular formula is C14H23FO2P+. The Bertz CT molecular complexity index is 403. The van der Waals surface area contributed by atoms with E-state index in [0.717, 1.165) is 5.56 Å². The number of hydrogen-bond acceptors (Lipinski definition) is 1. The van der Waals surface area contributed by atoms with E-state index < -0.39 is 8.69 Å². The van der Waals surface area contributed by atoms with Crippen molar-refractivity contribution in [1.29, 1.82) is 0 Å². The van der Waals surface area contributed by atoms with Crippen LogP contribution in [0.2, 0.25) is 0 Å². The van der Waals surface area contributed by atoms with Crippen LogP contribution in [0.3, 0.4) is 0 Å². The fourth-order valence-electron chi connectivity index (χ4n) is 1.57. The van der Waals surface area contributed by atoms with Gasteiger partial charge in [0.2, 0.25) is 0 Å². The number of benzene rings is 1. The van der Waals surface area contributed by atoms with Gasteiger partial charge in [-0.15, -0.1) is 0 Å². The molecule has 0 bridgehead atoms. The fourth-order valence-corrected chi connectivity index (χ4v) is 1.57. The number of hydrogen-bond donors (Lipinski definition) is 1. The molecular weight excluding hydrogens is 250 g/mol. The minimum absolute atomic E-state index is 0.0771. The average molecular weight is 273 g/mol. The molecule has 0 saturated carbocycles. The first kappa shape index (κ1) is 17.2. The standard InChI is InChI=1S/C14H21F.HO2P/c1-13(2,3)10-7-8-12(15)11(9-10)14(4,5)6;1-3-2/h7-9H,1-6H3;3H/p+1. The smallest absolute Gasteiger partial charge is 0.207 e. The van der Waals surface area contributed by atoms with E-state index in [1.807, 2.05) is 32.9 Å². The van der Waals surface area contributed by atoms with E-state index in [2.05, 4.69) is 20.8 Å². The molecule has 1 aromatic rings. The Kier molecular flexibility index (Phi) is 6.12. The van der Waals surface area contributed by atoms with Gasteiger partial charge < -0.3 is 0 Å². The summed E-state index contributed by atoms with van der Waals surface area (Å²) in [4.78, 5) is 7.04. The third-order valence-electron chi connectivity index (χ3n) is 2.64. The van der Waals surface area contributed by atoms with Gasteiger partial charge in [0.25, 0.3) is 0 Å². The van der Waals surface area contributed by atoms with Crippen molar-refractivity contribution in [2.45, 2.75) is 52.4 Å². The molecule has 0 saturated heterocycles. The van der Waals surface area contributed by atoms with Crippen LogP contribution in [0, 0.1) is 5.82 Å². The van der Waals surface area contributed by atoms with Gasteiger partial charge in [-0.25, -0.2) is 4.39 Å². The molecule has 0 aromatic heterocycles. The molecule has 2 nitrogen and oxygen atoms in total. The van der Waals surface area contributed by atoms with Gasteiger partial charge in [-0.3, -0.25) is 0 Å². The Labute approximate surface area is 111 Å². The highest BCUT2D eigenvalue weighted by atomic mass is 31.1. The predicted octanol–water partition coefficient (Wildman–Crippen LogP) is 4.34. The summed E-state index contributed by atoms with van der Waals surface area (Å²) in [5.74, 6) is -0.101. The summed E-state index contributed by atoms with van der Waals surface area (Å²) in [6.45, 7) is 12.6. The zero-order valence-electron chi connectivity index (χ0n) is 12.0. The van der Waals surface area contributed by atoms with Crippen LogP contribution in [0.5, 0.6) is 0 Å². The first-order valence-corrected chi connectivity index (χ1v) is 6.71. The van der Waals surface area contributed by atoms with Crippen LogP contribution in [-0.2, 0) is 15.4 Å². The third kappa shape index (κ3) is 5.24. The lowest BCUT2D eigenvalue weighted by Crippen LogP contribution is -2.17. The van der Waals surface area contributed by atoms with E-state index in [1.165, 1.54) is 5.56 Å². The van der Waals surface area contributed by atoms with Crippen molar-refractivity contribution >= 4 is 8.69 Å². The van der Waals surface area contributed by atoms with Crippen LogP contribution in [0.15, 0.2) is 18.2 Å². The molecule has 1 unspecified atom stereocenters. The second kappa shape index (κ2) is 6.40. The van der Waals surface area contributed by atoms with E-state index in [4.69, 9.17) is 9.46 Å². The molecule has 0 fully saturated rings. The SMILES string of the molecule is CC(C)(C)c1ccc(F)c(C(C)(C)C)c1.O=[PH+]O. The van der Waals surface area contributed by atoms with E-state index >= 15 is 0 Å². The predicted molar refractivity (Wildman–Crippen MR) is 75.0 cm³/mol. The molecule has 0 amide bonds.